The van der Waals surface area contributed by atoms with Crippen molar-refractivity contribution in [1.29, 1.82) is 0 Å². The molecule has 0 bridgehead atoms. The third-order valence-corrected chi connectivity index (χ3v) is 2.82. The van der Waals surface area contributed by atoms with Crippen LogP contribution in [0, 0.1) is 11.8 Å². The standard InChI is InChI=1S/C13H25N3O/c1-6-15-11(7-9(2)3)12(14)13(17)16(15)8-10(4)5/h9-10H,6-8,14H2,1-5H3. The highest BCUT2D eigenvalue weighted by Crippen LogP contribution is 2.15. The van der Waals surface area contributed by atoms with Crippen LogP contribution in [-0.4, -0.2) is 9.36 Å². The molecule has 0 aromatic carbocycles. The summed E-state index contributed by atoms with van der Waals surface area (Å²) >= 11 is 0. The molecule has 0 saturated carbocycles. The molecule has 0 spiro atoms. The highest BCUT2D eigenvalue weighted by Gasteiger charge is 2.17. The zero-order valence-electron chi connectivity index (χ0n) is 11.7. The molecular formula is C13H25N3O. The van der Waals surface area contributed by atoms with Crippen molar-refractivity contribution in [3.8, 4) is 0 Å². The maximum absolute atomic E-state index is 12.1. The van der Waals surface area contributed by atoms with Gasteiger partial charge >= 0.3 is 0 Å². The van der Waals surface area contributed by atoms with Gasteiger partial charge in [0.2, 0.25) is 0 Å². The lowest BCUT2D eigenvalue weighted by Crippen LogP contribution is -2.26. The Labute approximate surface area is 103 Å². The fourth-order valence-electron chi connectivity index (χ4n) is 2.15. The van der Waals surface area contributed by atoms with E-state index in [0.717, 1.165) is 25.2 Å². The molecule has 1 aromatic rings. The highest BCUT2D eigenvalue weighted by molar-refractivity contribution is 5.41. The molecule has 0 aliphatic carbocycles. The van der Waals surface area contributed by atoms with Gasteiger partial charge in [0.1, 0.15) is 5.69 Å². The summed E-state index contributed by atoms with van der Waals surface area (Å²) in [5.74, 6) is 0.948. The lowest BCUT2D eigenvalue weighted by Gasteiger charge is -2.15. The Kier molecular flexibility index (Phi) is 4.43. The van der Waals surface area contributed by atoms with E-state index in [-0.39, 0.29) is 5.56 Å². The lowest BCUT2D eigenvalue weighted by atomic mass is 10.1. The van der Waals surface area contributed by atoms with Crippen LogP contribution >= 0.6 is 0 Å². The molecule has 2 N–H and O–H groups in total. The predicted octanol–water partition coefficient (Wildman–Crippen LogP) is 2.11. The Balaban J connectivity index is 3.26. The largest absolute Gasteiger partial charge is 0.393 e. The van der Waals surface area contributed by atoms with Crippen LogP contribution in [0.1, 0.15) is 40.3 Å². The normalized spacial score (nSPS) is 11.7. The van der Waals surface area contributed by atoms with E-state index in [4.69, 9.17) is 5.73 Å². The molecule has 4 heteroatoms. The van der Waals surface area contributed by atoms with Crippen molar-refractivity contribution in [2.75, 3.05) is 5.73 Å². The van der Waals surface area contributed by atoms with E-state index in [9.17, 15) is 4.79 Å². The second kappa shape index (κ2) is 5.43. The van der Waals surface area contributed by atoms with E-state index < -0.39 is 0 Å². The number of hydrogen-bond donors (Lipinski definition) is 1. The van der Waals surface area contributed by atoms with Crippen molar-refractivity contribution >= 4 is 5.69 Å². The van der Waals surface area contributed by atoms with Crippen LogP contribution in [-0.2, 0) is 19.5 Å². The lowest BCUT2D eigenvalue weighted by molar-refractivity contribution is 0.384. The fourth-order valence-corrected chi connectivity index (χ4v) is 2.15. The summed E-state index contributed by atoms with van der Waals surface area (Å²) in [7, 11) is 0. The van der Waals surface area contributed by atoms with E-state index >= 15 is 0 Å². The molecule has 17 heavy (non-hydrogen) atoms. The molecule has 4 nitrogen and oxygen atoms in total. The summed E-state index contributed by atoms with van der Waals surface area (Å²) in [5, 5.41) is 0. The van der Waals surface area contributed by atoms with Crippen molar-refractivity contribution in [3.63, 3.8) is 0 Å². The van der Waals surface area contributed by atoms with Gasteiger partial charge in [0.25, 0.3) is 5.56 Å². The molecule has 0 radical (unpaired) electrons. The molecule has 0 saturated heterocycles. The molecule has 0 unspecified atom stereocenters. The molecule has 0 fully saturated rings. The summed E-state index contributed by atoms with van der Waals surface area (Å²) in [6, 6.07) is 0. The van der Waals surface area contributed by atoms with Gasteiger partial charge in [-0.1, -0.05) is 27.7 Å². The molecule has 1 aromatic heterocycles. The zero-order valence-corrected chi connectivity index (χ0v) is 11.7. The van der Waals surface area contributed by atoms with Crippen LogP contribution in [0.3, 0.4) is 0 Å². The van der Waals surface area contributed by atoms with Crippen molar-refractivity contribution in [3.05, 3.63) is 16.0 Å². The number of rotatable bonds is 5. The topological polar surface area (TPSA) is 52.9 Å². The summed E-state index contributed by atoms with van der Waals surface area (Å²) < 4.78 is 3.83. The van der Waals surface area contributed by atoms with E-state index in [0.29, 0.717) is 17.5 Å². The predicted molar refractivity (Wildman–Crippen MR) is 72.2 cm³/mol. The number of nitrogen functional groups attached to an aromatic ring is 1. The number of aromatic nitrogens is 2. The Morgan fingerprint density at radius 1 is 1.12 bits per heavy atom. The SMILES string of the molecule is CCn1c(CC(C)C)c(N)c(=O)n1CC(C)C. The van der Waals surface area contributed by atoms with Gasteiger partial charge in [-0.3, -0.25) is 9.48 Å². The van der Waals surface area contributed by atoms with Gasteiger partial charge in [-0.2, -0.15) is 0 Å². The molecular weight excluding hydrogens is 214 g/mol. The number of hydrogen-bond acceptors (Lipinski definition) is 2. The Morgan fingerprint density at radius 2 is 1.71 bits per heavy atom. The van der Waals surface area contributed by atoms with Gasteiger partial charge in [0.05, 0.1) is 5.69 Å². The van der Waals surface area contributed by atoms with Crippen molar-refractivity contribution in [1.82, 2.24) is 9.36 Å². The Morgan fingerprint density at radius 3 is 2.12 bits per heavy atom. The number of nitrogens with zero attached hydrogens (tertiary/aromatic N) is 2. The maximum Gasteiger partial charge on any atom is 0.290 e. The van der Waals surface area contributed by atoms with Crippen LogP contribution in [0.2, 0.25) is 0 Å². The monoisotopic (exact) mass is 239 g/mol. The van der Waals surface area contributed by atoms with Crippen LogP contribution in [0.5, 0.6) is 0 Å². The van der Waals surface area contributed by atoms with E-state index in [2.05, 4.69) is 34.6 Å². The van der Waals surface area contributed by atoms with Gasteiger partial charge in [0, 0.05) is 13.1 Å². The molecule has 0 amide bonds. The number of nitrogens with two attached hydrogens (primary N) is 1. The minimum Gasteiger partial charge on any atom is -0.393 e. The fraction of sp³-hybridized carbons (Fsp3) is 0.769. The van der Waals surface area contributed by atoms with Crippen LogP contribution in [0.15, 0.2) is 4.79 Å². The van der Waals surface area contributed by atoms with Gasteiger partial charge in [-0.15, -0.1) is 0 Å². The van der Waals surface area contributed by atoms with Gasteiger partial charge in [-0.05, 0) is 25.2 Å². The van der Waals surface area contributed by atoms with E-state index in [1.807, 2.05) is 4.68 Å². The smallest absolute Gasteiger partial charge is 0.290 e. The summed E-state index contributed by atoms with van der Waals surface area (Å²) in [4.78, 5) is 12.1. The average Bonchev–Trinajstić information content (AvgIpc) is 2.42. The van der Waals surface area contributed by atoms with Gasteiger partial charge in [0.15, 0.2) is 0 Å². The van der Waals surface area contributed by atoms with E-state index in [1.165, 1.54) is 0 Å². The van der Waals surface area contributed by atoms with Gasteiger partial charge < -0.3 is 5.73 Å². The first-order chi connectivity index (χ1) is 7.88. The maximum atomic E-state index is 12.1. The first kappa shape index (κ1) is 13.9. The second-order valence-electron chi connectivity index (χ2n) is 5.46. The summed E-state index contributed by atoms with van der Waals surface area (Å²) in [6.45, 7) is 12.1. The first-order valence-corrected chi connectivity index (χ1v) is 6.46. The molecule has 0 aliphatic heterocycles. The van der Waals surface area contributed by atoms with Crippen molar-refractivity contribution < 1.29 is 0 Å². The Hall–Kier alpha value is -1.19. The average molecular weight is 239 g/mol. The molecule has 1 rings (SSSR count). The minimum absolute atomic E-state index is 0.0313. The zero-order chi connectivity index (χ0) is 13.2. The minimum atomic E-state index is -0.0313. The van der Waals surface area contributed by atoms with Crippen LogP contribution in [0.4, 0.5) is 5.69 Å². The number of anilines is 1. The molecule has 0 atom stereocenters. The molecule has 98 valence electrons. The molecule has 0 aliphatic rings. The summed E-state index contributed by atoms with van der Waals surface area (Å²) in [6.07, 6.45) is 0.861. The van der Waals surface area contributed by atoms with E-state index in [1.54, 1.807) is 4.68 Å². The molecule has 1 heterocycles. The highest BCUT2D eigenvalue weighted by atomic mass is 16.1. The summed E-state index contributed by atoms with van der Waals surface area (Å²) in [5.41, 5.74) is 7.34. The van der Waals surface area contributed by atoms with Gasteiger partial charge in [-0.25, -0.2) is 4.68 Å². The second-order valence-corrected chi connectivity index (χ2v) is 5.46. The third kappa shape index (κ3) is 2.93. The van der Waals surface area contributed by atoms with Crippen molar-refractivity contribution in [2.45, 2.75) is 54.1 Å². The first-order valence-electron chi connectivity index (χ1n) is 6.46. The van der Waals surface area contributed by atoms with Crippen LogP contribution < -0.4 is 11.3 Å². The quantitative estimate of drug-likeness (QED) is 0.855. The Bertz CT molecular complexity index is 427. The third-order valence-electron chi connectivity index (χ3n) is 2.82. The van der Waals surface area contributed by atoms with Crippen molar-refractivity contribution in [2.24, 2.45) is 11.8 Å². The van der Waals surface area contributed by atoms with Crippen LogP contribution in [0.25, 0.3) is 0 Å².